The van der Waals surface area contributed by atoms with Crippen LogP contribution in [0.15, 0.2) is 47.9 Å². The molecule has 1 heterocycles. The number of carbonyl (C=O) groups is 1. The van der Waals surface area contributed by atoms with Gasteiger partial charge in [0.25, 0.3) is 0 Å². The fourth-order valence-electron chi connectivity index (χ4n) is 3.37. The lowest BCUT2D eigenvalue weighted by Crippen LogP contribution is -2.37. The summed E-state index contributed by atoms with van der Waals surface area (Å²) in [6.45, 7) is 2.27. The van der Waals surface area contributed by atoms with Crippen molar-refractivity contribution in [2.75, 3.05) is 5.32 Å². The number of amides is 1. The topological polar surface area (TPSA) is 68.0 Å². The standard InChI is InChI=1S/C20H20ClN3OS/c1-11-15-7-4-13(9-16(11)15)18-10-26-20(23-18)24-19(25)17(22)8-12-2-5-14(21)6-3-12/h2-7,9-11,15-17H,8,22H2,1H3,(H,23,24,25)/t11?,15?,16-,17?/m0/s1. The summed E-state index contributed by atoms with van der Waals surface area (Å²) in [6, 6.07) is 6.72. The molecule has 0 spiro atoms. The number of nitrogens with one attached hydrogen (secondary N) is 1. The van der Waals surface area contributed by atoms with E-state index in [1.54, 1.807) is 12.1 Å². The summed E-state index contributed by atoms with van der Waals surface area (Å²) in [6.07, 6.45) is 7.15. The van der Waals surface area contributed by atoms with Crippen molar-refractivity contribution in [1.29, 1.82) is 0 Å². The van der Waals surface area contributed by atoms with Crippen molar-refractivity contribution in [3.63, 3.8) is 0 Å². The predicted octanol–water partition coefficient (Wildman–Crippen LogP) is 4.14. The van der Waals surface area contributed by atoms with E-state index >= 15 is 0 Å². The Labute approximate surface area is 161 Å². The first kappa shape index (κ1) is 17.5. The van der Waals surface area contributed by atoms with Gasteiger partial charge in [0.05, 0.1) is 11.7 Å². The fraction of sp³-hybridized carbons (Fsp3) is 0.300. The van der Waals surface area contributed by atoms with Gasteiger partial charge in [-0.25, -0.2) is 4.98 Å². The number of rotatable bonds is 5. The fourth-order valence-corrected chi connectivity index (χ4v) is 4.22. The van der Waals surface area contributed by atoms with Crippen LogP contribution in [-0.4, -0.2) is 16.9 Å². The average molecular weight is 386 g/mol. The van der Waals surface area contributed by atoms with Gasteiger partial charge >= 0.3 is 0 Å². The molecular formula is C20H20ClN3OS. The van der Waals surface area contributed by atoms with E-state index in [0.29, 0.717) is 28.4 Å². The van der Waals surface area contributed by atoms with Crippen molar-refractivity contribution < 1.29 is 4.79 Å². The van der Waals surface area contributed by atoms with Crippen molar-refractivity contribution in [1.82, 2.24) is 4.98 Å². The molecule has 0 aliphatic heterocycles. The molecule has 1 amide bonds. The van der Waals surface area contributed by atoms with Gasteiger partial charge in [-0.2, -0.15) is 0 Å². The van der Waals surface area contributed by atoms with Gasteiger partial charge in [-0.15, -0.1) is 11.3 Å². The summed E-state index contributed by atoms with van der Waals surface area (Å²) in [5.74, 6) is 1.84. The first-order valence-corrected chi connectivity index (χ1v) is 9.94. The molecule has 1 aromatic heterocycles. The monoisotopic (exact) mass is 385 g/mol. The molecule has 4 nitrogen and oxygen atoms in total. The van der Waals surface area contributed by atoms with E-state index in [9.17, 15) is 4.79 Å². The number of carbonyl (C=O) groups excluding carboxylic acids is 1. The third-order valence-corrected chi connectivity index (χ3v) is 6.13. The van der Waals surface area contributed by atoms with E-state index in [1.165, 1.54) is 11.3 Å². The number of anilines is 1. The van der Waals surface area contributed by atoms with Gasteiger partial charge in [-0.3, -0.25) is 4.79 Å². The zero-order chi connectivity index (χ0) is 18.3. The van der Waals surface area contributed by atoms with Crippen molar-refractivity contribution in [3.8, 4) is 0 Å². The Morgan fingerprint density at radius 1 is 1.35 bits per heavy atom. The van der Waals surface area contributed by atoms with Gasteiger partial charge in [0.15, 0.2) is 5.13 Å². The highest BCUT2D eigenvalue weighted by Gasteiger charge is 2.44. The maximum Gasteiger partial charge on any atom is 0.243 e. The van der Waals surface area contributed by atoms with Gasteiger partial charge in [0, 0.05) is 10.4 Å². The molecule has 4 atom stereocenters. The summed E-state index contributed by atoms with van der Waals surface area (Å²) in [5, 5.41) is 6.05. The Balaban J connectivity index is 1.37. The SMILES string of the molecule is CC1C2C=CC(c3csc(NC(=O)C(N)Cc4ccc(Cl)cc4)n3)=C[C@@H]12. The molecule has 134 valence electrons. The highest BCUT2D eigenvalue weighted by Crippen LogP contribution is 2.51. The van der Waals surface area contributed by atoms with Gasteiger partial charge in [0.1, 0.15) is 0 Å². The molecule has 0 bridgehead atoms. The minimum absolute atomic E-state index is 0.232. The highest BCUT2D eigenvalue weighted by atomic mass is 35.5. The Hall–Kier alpha value is -1.95. The number of aromatic nitrogens is 1. The summed E-state index contributed by atoms with van der Waals surface area (Å²) < 4.78 is 0. The molecular weight excluding hydrogens is 366 g/mol. The van der Waals surface area contributed by atoms with Crippen LogP contribution in [0.5, 0.6) is 0 Å². The van der Waals surface area contributed by atoms with E-state index in [-0.39, 0.29) is 5.91 Å². The summed E-state index contributed by atoms with van der Waals surface area (Å²) in [7, 11) is 0. The Morgan fingerprint density at radius 3 is 2.85 bits per heavy atom. The van der Waals surface area contributed by atoms with E-state index in [4.69, 9.17) is 17.3 Å². The molecule has 6 heteroatoms. The molecule has 1 saturated carbocycles. The number of benzene rings is 1. The highest BCUT2D eigenvalue weighted by molar-refractivity contribution is 7.14. The molecule has 1 fully saturated rings. The number of nitrogens with zero attached hydrogens (tertiary/aromatic N) is 1. The van der Waals surface area contributed by atoms with Crippen molar-refractivity contribution in [2.24, 2.45) is 23.5 Å². The first-order valence-electron chi connectivity index (χ1n) is 8.68. The molecule has 3 unspecified atom stereocenters. The third-order valence-electron chi connectivity index (χ3n) is 5.12. The smallest absolute Gasteiger partial charge is 0.243 e. The van der Waals surface area contributed by atoms with Crippen LogP contribution < -0.4 is 11.1 Å². The van der Waals surface area contributed by atoms with Crippen LogP contribution in [0.4, 0.5) is 5.13 Å². The maximum atomic E-state index is 12.3. The summed E-state index contributed by atoms with van der Waals surface area (Å²) in [5.41, 5.74) is 9.05. The number of hydrogen-bond donors (Lipinski definition) is 2. The van der Waals surface area contributed by atoms with Gasteiger partial charge in [0.2, 0.25) is 5.91 Å². The van der Waals surface area contributed by atoms with Gasteiger partial charge in [-0.1, -0.05) is 48.9 Å². The lowest BCUT2D eigenvalue weighted by molar-refractivity contribution is -0.117. The molecule has 4 rings (SSSR count). The summed E-state index contributed by atoms with van der Waals surface area (Å²) >= 11 is 7.30. The van der Waals surface area contributed by atoms with E-state index in [2.05, 4.69) is 35.5 Å². The number of allylic oxidation sites excluding steroid dienone is 4. The van der Waals surface area contributed by atoms with Crippen LogP contribution in [-0.2, 0) is 11.2 Å². The Morgan fingerprint density at radius 2 is 2.12 bits per heavy atom. The van der Waals surface area contributed by atoms with E-state index in [0.717, 1.165) is 22.7 Å². The van der Waals surface area contributed by atoms with Crippen molar-refractivity contribution >= 4 is 39.5 Å². The van der Waals surface area contributed by atoms with Crippen LogP contribution in [0.3, 0.4) is 0 Å². The lowest BCUT2D eigenvalue weighted by Gasteiger charge is -2.11. The zero-order valence-corrected chi connectivity index (χ0v) is 15.9. The van der Waals surface area contributed by atoms with Crippen LogP contribution in [0.25, 0.3) is 5.57 Å². The predicted molar refractivity (Wildman–Crippen MR) is 107 cm³/mol. The van der Waals surface area contributed by atoms with Gasteiger partial charge < -0.3 is 11.1 Å². The second-order valence-electron chi connectivity index (χ2n) is 6.96. The molecule has 2 aromatic rings. The third kappa shape index (κ3) is 3.61. The first-order chi connectivity index (χ1) is 12.5. The second-order valence-corrected chi connectivity index (χ2v) is 8.25. The lowest BCUT2D eigenvalue weighted by atomic mass is 10.1. The van der Waals surface area contributed by atoms with Gasteiger partial charge in [-0.05, 0) is 47.4 Å². The Bertz CT molecular complexity index is 887. The van der Waals surface area contributed by atoms with Crippen LogP contribution in [0.1, 0.15) is 18.2 Å². The Kier molecular flexibility index (Phi) is 4.69. The quantitative estimate of drug-likeness (QED) is 0.812. The molecule has 1 aromatic carbocycles. The number of hydrogen-bond acceptors (Lipinski definition) is 4. The minimum atomic E-state index is -0.634. The molecule has 0 saturated heterocycles. The zero-order valence-electron chi connectivity index (χ0n) is 14.4. The normalized spacial score (nSPS) is 24.6. The largest absolute Gasteiger partial charge is 0.320 e. The van der Waals surface area contributed by atoms with Crippen molar-refractivity contribution in [3.05, 3.63) is 64.2 Å². The van der Waals surface area contributed by atoms with Crippen LogP contribution >= 0.6 is 22.9 Å². The number of fused-ring (bicyclic) bond motifs is 1. The molecule has 0 radical (unpaired) electrons. The number of nitrogens with two attached hydrogens (primary N) is 1. The molecule has 2 aliphatic rings. The molecule has 2 aliphatic carbocycles. The summed E-state index contributed by atoms with van der Waals surface area (Å²) in [4.78, 5) is 16.9. The number of halogens is 1. The molecule has 26 heavy (non-hydrogen) atoms. The van der Waals surface area contributed by atoms with Crippen LogP contribution in [0, 0.1) is 17.8 Å². The number of thiazole rings is 1. The van der Waals surface area contributed by atoms with Crippen LogP contribution in [0.2, 0.25) is 5.02 Å². The van der Waals surface area contributed by atoms with E-state index in [1.807, 2.05) is 17.5 Å². The minimum Gasteiger partial charge on any atom is -0.320 e. The molecule has 3 N–H and O–H groups in total. The second kappa shape index (κ2) is 6.99. The van der Waals surface area contributed by atoms with Crippen molar-refractivity contribution in [2.45, 2.75) is 19.4 Å². The average Bonchev–Trinajstić information content (AvgIpc) is 3.05. The van der Waals surface area contributed by atoms with E-state index < -0.39 is 6.04 Å². The maximum absolute atomic E-state index is 12.3.